The Morgan fingerprint density at radius 2 is 2.24 bits per heavy atom. The summed E-state index contributed by atoms with van der Waals surface area (Å²) in [4.78, 5) is 4.23. The van der Waals surface area contributed by atoms with Crippen LogP contribution in [0.2, 0.25) is 0 Å². The van der Waals surface area contributed by atoms with Gasteiger partial charge >= 0.3 is 0 Å². The zero-order chi connectivity index (χ0) is 14.4. The molecule has 1 aromatic rings. The zero-order valence-electron chi connectivity index (χ0n) is 12.7. The minimum absolute atomic E-state index is 0. The van der Waals surface area contributed by atoms with Crippen molar-refractivity contribution in [3.63, 3.8) is 0 Å². The summed E-state index contributed by atoms with van der Waals surface area (Å²) in [5.74, 6) is 1.48. The lowest BCUT2D eigenvalue weighted by atomic mass is 10.1. The maximum atomic E-state index is 13.1. The van der Waals surface area contributed by atoms with Crippen LogP contribution >= 0.6 is 24.0 Å². The highest BCUT2D eigenvalue weighted by Gasteiger charge is 2.36. The SMILES string of the molecule is CCCC1CC1NC(=NC)NCCc1cccc(F)c1.I. The van der Waals surface area contributed by atoms with Crippen molar-refractivity contribution in [1.82, 2.24) is 10.6 Å². The van der Waals surface area contributed by atoms with E-state index < -0.39 is 0 Å². The van der Waals surface area contributed by atoms with Gasteiger partial charge in [-0.15, -0.1) is 24.0 Å². The monoisotopic (exact) mass is 405 g/mol. The lowest BCUT2D eigenvalue weighted by molar-refractivity contribution is 0.624. The number of nitrogens with one attached hydrogen (secondary N) is 2. The van der Waals surface area contributed by atoms with Gasteiger partial charge in [-0.2, -0.15) is 0 Å². The van der Waals surface area contributed by atoms with Gasteiger partial charge in [0.05, 0.1) is 0 Å². The number of guanidine groups is 1. The number of benzene rings is 1. The molecular weight excluding hydrogens is 380 g/mol. The second-order valence-electron chi connectivity index (χ2n) is 5.41. The average Bonchev–Trinajstić information content (AvgIpc) is 3.16. The van der Waals surface area contributed by atoms with Gasteiger partial charge in [0.25, 0.3) is 0 Å². The molecule has 2 atom stereocenters. The van der Waals surface area contributed by atoms with Crippen molar-refractivity contribution in [1.29, 1.82) is 0 Å². The van der Waals surface area contributed by atoms with Crippen LogP contribution in [0, 0.1) is 11.7 Å². The Bertz CT molecular complexity index is 465. The second kappa shape index (κ2) is 9.23. The van der Waals surface area contributed by atoms with E-state index >= 15 is 0 Å². The molecule has 118 valence electrons. The van der Waals surface area contributed by atoms with Crippen LogP contribution in [0.3, 0.4) is 0 Å². The first-order valence-electron chi connectivity index (χ1n) is 7.44. The van der Waals surface area contributed by atoms with Crippen molar-refractivity contribution < 1.29 is 4.39 Å². The molecule has 1 aliphatic carbocycles. The quantitative estimate of drug-likeness (QED) is 0.433. The Morgan fingerprint density at radius 3 is 2.90 bits per heavy atom. The van der Waals surface area contributed by atoms with Crippen LogP contribution in [-0.4, -0.2) is 25.6 Å². The molecule has 2 rings (SSSR count). The predicted molar refractivity (Wildman–Crippen MR) is 96.8 cm³/mol. The summed E-state index contributed by atoms with van der Waals surface area (Å²) in [5, 5.41) is 6.73. The summed E-state index contributed by atoms with van der Waals surface area (Å²) < 4.78 is 13.1. The Balaban J connectivity index is 0.00000220. The molecule has 1 aromatic carbocycles. The third kappa shape index (κ3) is 6.20. The van der Waals surface area contributed by atoms with Gasteiger partial charge in [-0.05, 0) is 42.9 Å². The Labute approximate surface area is 143 Å². The van der Waals surface area contributed by atoms with Crippen molar-refractivity contribution in [2.45, 2.75) is 38.6 Å². The van der Waals surface area contributed by atoms with Crippen LogP contribution in [0.25, 0.3) is 0 Å². The summed E-state index contributed by atoms with van der Waals surface area (Å²) in [6.07, 6.45) is 4.58. The molecule has 0 saturated heterocycles. The van der Waals surface area contributed by atoms with E-state index in [0.29, 0.717) is 6.04 Å². The van der Waals surface area contributed by atoms with E-state index in [-0.39, 0.29) is 29.8 Å². The maximum Gasteiger partial charge on any atom is 0.191 e. The Kier molecular flexibility index (Phi) is 8.00. The predicted octanol–water partition coefficient (Wildman–Crippen LogP) is 3.34. The average molecular weight is 405 g/mol. The number of rotatable bonds is 6. The van der Waals surface area contributed by atoms with Crippen molar-refractivity contribution in [3.05, 3.63) is 35.6 Å². The van der Waals surface area contributed by atoms with Crippen LogP contribution < -0.4 is 10.6 Å². The minimum Gasteiger partial charge on any atom is -0.356 e. The van der Waals surface area contributed by atoms with Crippen LogP contribution in [0.5, 0.6) is 0 Å². The zero-order valence-corrected chi connectivity index (χ0v) is 15.1. The van der Waals surface area contributed by atoms with Gasteiger partial charge in [-0.1, -0.05) is 25.5 Å². The van der Waals surface area contributed by atoms with E-state index in [1.165, 1.54) is 25.3 Å². The molecule has 3 nitrogen and oxygen atoms in total. The highest BCUT2D eigenvalue weighted by molar-refractivity contribution is 14.0. The van der Waals surface area contributed by atoms with Crippen molar-refractivity contribution in [2.75, 3.05) is 13.6 Å². The topological polar surface area (TPSA) is 36.4 Å². The standard InChI is InChI=1S/C16H24FN3.HI/c1-3-5-13-11-15(13)20-16(18-2)19-9-8-12-6-4-7-14(17)10-12;/h4,6-7,10,13,15H,3,5,8-9,11H2,1-2H3,(H2,18,19,20);1H. The molecule has 5 heteroatoms. The first-order valence-corrected chi connectivity index (χ1v) is 7.44. The van der Waals surface area contributed by atoms with Crippen molar-refractivity contribution >= 4 is 29.9 Å². The first-order chi connectivity index (χ1) is 9.72. The molecule has 0 amide bonds. The third-order valence-electron chi connectivity index (χ3n) is 3.72. The van der Waals surface area contributed by atoms with Gasteiger partial charge in [0.2, 0.25) is 0 Å². The van der Waals surface area contributed by atoms with Gasteiger partial charge in [-0.25, -0.2) is 4.39 Å². The number of aliphatic imine (C=N–C) groups is 1. The van der Waals surface area contributed by atoms with E-state index in [4.69, 9.17) is 0 Å². The van der Waals surface area contributed by atoms with E-state index in [2.05, 4.69) is 22.5 Å². The minimum atomic E-state index is -0.176. The molecule has 1 aliphatic rings. The molecule has 1 fully saturated rings. The summed E-state index contributed by atoms with van der Waals surface area (Å²) >= 11 is 0. The molecule has 0 heterocycles. The first kappa shape index (κ1) is 18.2. The number of nitrogens with zero attached hydrogens (tertiary/aromatic N) is 1. The lowest BCUT2D eigenvalue weighted by Gasteiger charge is -2.11. The number of hydrogen-bond donors (Lipinski definition) is 2. The third-order valence-corrected chi connectivity index (χ3v) is 3.72. The van der Waals surface area contributed by atoms with Crippen LogP contribution in [0.4, 0.5) is 4.39 Å². The van der Waals surface area contributed by atoms with E-state index in [1.807, 2.05) is 6.07 Å². The molecule has 0 radical (unpaired) electrons. The molecule has 1 saturated carbocycles. The van der Waals surface area contributed by atoms with Gasteiger partial charge < -0.3 is 10.6 Å². The molecular formula is C16H25FIN3. The summed E-state index contributed by atoms with van der Waals surface area (Å²) in [7, 11) is 1.79. The molecule has 0 aliphatic heterocycles. The number of halogens is 2. The molecule has 0 spiro atoms. The van der Waals surface area contributed by atoms with E-state index in [9.17, 15) is 4.39 Å². The van der Waals surface area contributed by atoms with Crippen molar-refractivity contribution in [3.8, 4) is 0 Å². The fourth-order valence-corrected chi connectivity index (χ4v) is 2.50. The Hall–Kier alpha value is -0.850. The number of hydrogen-bond acceptors (Lipinski definition) is 1. The smallest absolute Gasteiger partial charge is 0.191 e. The van der Waals surface area contributed by atoms with Crippen LogP contribution in [-0.2, 0) is 6.42 Å². The fraction of sp³-hybridized carbons (Fsp3) is 0.562. The highest BCUT2D eigenvalue weighted by Crippen LogP contribution is 2.34. The summed E-state index contributed by atoms with van der Waals surface area (Å²) in [5.41, 5.74) is 1.00. The summed E-state index contributed by atoms with van der Waals surface area (Å²) in [6.45, 7) is 2.98. The van der Waals surface area contributed by atoms with Gasteiger partial charge in [0.15, 0.2) is 5.96 Å². The lowest BCUT2D eigenvalue weighted by Crippen LogP contribution is -2.40. The molecule has 0 bridgehead atoms. The van der Waals surface area contributed by atoms with Crippen LogP contribution in [0.15, 0.2) is 29.3 Å². The van der Waals surface area contributed by atoms with Crippen LogP contribution in [0.1, 0.15) is 31.7 Å². The molecule has 0 aromatic heterocycles. The van der Waals surface area contributed by atoms with Gasteiger partial charge in [-0.3, -0.25) is 4.99 Å². The maximum absolute atomic E-state index is 13.1. The summed E-state index contributed by atoms with van der Waals surface area (Å²) in [6, 6.07) is 7.32. The molecule has 21 heavy (non-hydrogen) atoms. The largest absolute Gasteiger partial charge is 0.356 e. The van der Waals surface area contributed by atoms with Gasteiger partial charge in [0, 0.05) is 19.6 Å². The Morgan fingerprint density at radius 1 is 1.43 bits per heavy atom. The normalized spacial score (nSPS) is 20.6. The highest BCUT2D eigenvalue weighted by atomic mass is 127. The second-order valence-corrected chi connectivity index (χ2v) is 5.41. The van der Waals surface area contributed by atoms with Gasteiger partial charge in [0.1, 0.15) is 5.82 Å². The molecule has 2 N–H and O–H groups in total. The fourth-order valence-electron chi connectivity index (χ4n) is 2.50. The van der Waals surface area contributed by atoms with Crippen molar-refractivity contribution in [2.24, 2.45) is 10.9 Å². The van der Waals surface area contributed by atoms with E-state index in [1.54, 1.807) is 19.2 Å². The molecule has 2 unspecified atom stereocenters. The van der Waals surface area contributed by atoms with E-state index in [0.717, 1.165) is 30.4 Å².